The average Bonchev–Trinajstić information content (AvgIpc) is 3.04. The Labute approximate surface area is 199 Å². The van der Waals surface area contributed by atoms with Crippen LogP contribution in [0.5, 0.6) is 5.75 Å². The summed E-state index contributed by atoms with van der Waals surface area (Å²) >= 11 is 1.52. The van der Waals surface area contributed by atoms with Gasteiger partial charge in [-0.05, 0) is 49.5 Å². The van der Waals surface area contributed by atoms with Crippen molar-refractivity contribution >= 4 is 45.2 Å². The summed E-state index contributed by atoms with van der Waals surface area (Å²) in [6.45, 7) is 0. The van der Waals surface area contributed by atoms with Crippen LogP contribution in [0.4, 0.5) is 5.69 Å². The van der Waals surface area contributed by atoms with Crippen molar-refractivity contribution < 1.29 is 27.5 Å². The molecular weight excluding hydrogens is 466 g/mol. The summed E-state index contributed by atoms with van der Waals surface area (Å²) < 4.78 is 31.5. The van der Waals surface area contributed by atoms with Crippen LogP contribution in [0, 0.1) is 11.8 Å². The lowest BCUT2D eigenvalue weighted by atomic mass is 9.81. The largest absolute Gasteiger partial charge is 0.495 e. The Hall–Kier alpha value is -2.11. The maximum Gasteiger partial charge on any atom is 0.247 e. The number of imide groups is 1. The molecule has 0 bridgehead atoms. The summed E-state index contributed by atoms with van der Waals surface area (Å²) in [6.07, 6.45) is 5.34. The number of rotatable bonds is 9. The Balaban J connectivity index is 1.92. The van der Waals surface area contributed by atoms with E-state index in [1.807, 2.05) is 6.26 Å². The lowest BCUT2D eigenvalue weighted by Gasteiger charge is -2.26. The van der Waals surface area contributed by atoms with Crippen molar-refractivity contribution in [2.75, 3.05) is 38.5 Å². The lowest BCUT2D eigenvalue weighted by molar-refractivity contribution is -0.146. The number of methoxy groups -OCH3 is 1. The van der Waals surface area contributed by atoms with Gasteiger partial charge in [-0.15, -0.1) is 0 Å². The number of sulfonamides is 1. The van der Waals surface area contributed by atoms with Crippen molar-refractivity contribution in [3.63, 3.8) is 0 Å². The molecule has 0 aromatic heterocycles. The molecule has 0 spiro atoms. The van der Waals surface area contributed by atoms with Crippen LogP contribution in [-0.4, -0.2) is 74.6 Å². The van der Waals surface area contributed by atoms with Crippen LogP contribution >= 0.6 is 11.8 Å². The van der Waals surface area contributed by atoms with Crippen molar-refractivity contribution in [2.45, 2.75) is 43.0 Å². The molecule has 3 rings (SSSR count). The SMILES string of the molecule is COc1ccc(S(=O)(=O)N(C)C)cc1NC(=O)[C@H](CCSC)N1C(=O)[C@@H]2CCCC[C@H]2C1=O. The number of benzene rings is 1. The Bertz CT molecular complexity index is 1000. The molecule has 9 nitrogen and oxygen atoms in total. The molecule has 1 heterocycles. The third-order valence-corrected chi connectivity index (χ3v) is 8.75. The Kier molecular flexibility index (Phi) is 8.07. The van der Waals surface area contributed by atoms with Crippen molar-refractivity contribution in [3.05, 3.63) is 18.2 Å². The van der Waals surface area contributed by atoms with Crippen LogP contribution in [0.3, 0.4) is 0 Å². The highest BCUT2D eigenvalue weighted by Crippen LogP contribution is 2.39. The van der Waals surface area contributed by atoms with Gasteiger partial charge in [0.05, 0.1) is 29.5 Å². The van der Waals surface area contributed by atoms with E-state index in [1.54, 1.807) is 0 Å². The third kappa shape index (κ3) is 5.04. The monoisotopic (exact) mass is 497 g/mol. The topological polar surface area (TPSA) is 113 Å². The minimum atomic E-state index is -3.74. The number of hydrogen-bond acceptors (Lipinski definition) is 7. The van der Waals surface area contributed by atoms with Crippen LogP contribution in [0.15, 0.2) is 23.1 Å². The molecule has 3 amide bonds. The Morgan fingerprint density at radius 2 is 1.82 bits per heavy atom. The van der Waals surface area contributed by atoms with Gasteiger partial charge in [-0.3, -0.25) is 19.3 Å². The van der Waals surface area contributed by atoms with Crippen molar-refractivity contribution in [1.29, 1.82) is 0 Å². The van der Waals surface area contributed by atoms with Gasteiger partial charge in [0.15, 0.2) is 0 Å². The molecular formula is C22H31N3O6S2. The number of thioether (sulfide) groups is 1. The fourth-order valence-corrected chi connectivity index (χ4v) is 5.86. The number of amides is 3. The van der Waals surface area contributed by atoms with E-state index in [0.29, 0.717) is 25.0 Å². The van der Waals surface area contributed by atoms with Gasteiger partial charge >= 0.3 is 0 Å². The van der Waals surface area contributed by atoms with Gasteiger partial charge in [-0.2, -0.15) is 11.8 Å². The second-order valence-electron chi connectivity index (χ2n) is 8.48. The predicted octanol–water partition coefficient (Wildman–Crippen LogP) is 2.18. The highest BCUT2D eigenvalue weighted by Gasteiger charge is 2.51. The van der Waals surface area contributed by atoms with Crippen LogP contribution in [0.2, 0.25) is 0 Å². The van der Waals surface area contributed by atoms with E-state index in [2.05, 4.69) is 5.32 Å². The normalized spacial score (nSPS) is 21.8. The van der Waals surface area contributed by atoms with Crippen LogP contribution in [0.1, 0.15) is 32.1 Å². The first-order valence-electron chi connectivity index (χ1n) is 10.9. The Morgan fingerprint density at radius 1 is 1.21 bits per heavy atom. The molecule has 2 fully saturated rings. The van der Waals surface area contributed by atoms with E-state index in [9.17, 15) is 22.8 Å². The number of hydrogen-bond donors (Lipinski definition) is 1. The minimum Gasteiger partial charge on any atom is -0.495 e. The quantitative estimate of drug-likeness (QED) is 0.520. The minimum absolute atomic E-state index is 0.0105. The molecule has 1 aromatic carbocycles. The smallest absolute Gasteiger partial charge is 0.247 e. The zero-order valence-electron chi connectivity index (χ0n) is 19.4. The molecule has 11 heteroatoms. The van der Waals surface area contributed by atoms with Gasteiger partial charge in [0.2, 0.25) is 27.7 Å². The van der Waals surface area contributed by atoms with Crippen LogP contribution in [-0.2, 0) is 24.4 Å². The number of carbonyl (C=O) groups is 3. The lowest BCUT2D eigenvalue weighted by Crippen LogP contribution is -2.48. The number of fused-ring (bicyclic) bond motifs is 1. The maximum absolute atomic E-state index is 13.4. The first-order valence-corrected chi connectivity index (χ1v) is 13.7. The second kappa shape index (κ2) is 10.4. The molecule has 1 aliphatic heterocycles. The predicted molar refractivity (Wildman–Crippen MR) is 127 cm³/mol. The maximum atomic E-state index is 13.4. The van der Waals surface area contributed by atoms with E-state index in [1.165, 1.54) is 51.2 Å². The summed E-state index contributed by atoms with van der Waals surface area (Å²) in [5.74, 6) is -0.933. The van der Waals surface area contributed by atoms with Gasteiger partial charge in [0.25, 0.3) is 0 Å². The van der Waals surface area contributed by atoms with Crippen molar-refractivity contribution in [1.82, 2.24) is 9.21 Å². The molecule has 3 atom stereocenters. The van der Waals surface area contributed by atoms with Crippen LogP contribution in [0.25, 0.3) is 0 Å². The molecule has 1 N–H and O–H groups in total. The number of nitrogens with zero attached hydrogens (tertiary/aromatic N) is 2. The molecule has 0 radical (unpaired) electrons. The fraction of sp³-hybridized carbons (Fsp3) is 0.591. The second-order valence-corrected chi connectivity index (χ2v) is 11.6. The number of anilines is 1. The highest BCUT2D eigenvalue weighted by molar-refractivity contribution is 7.98. The van der Waals surface area contributed by atoms with E-state index < -0.39 is 22.0 Å². The standard InChI is InChI=1S/C22H31N3O6S2/c1-24(2)33(29,30)14-9-10-19(31-3)17(13-14)23-20(26)18(11-12-32-4)25-21(27)15-7-5-6-8-16(15)22(25)28/h9-10,13,15-16,18H,5-8,11-12H2,1-4H3,(H,23,26)/t15-,16-,18+/m1/s1. The fourth-order valence-electron chi connectivity index (χ4n) is 4.47. The van der Waals surface area contributed by atoms with E-state index >= 15 is 0 Å². The summed E-state index contributed by atoms with van der Waals surface area (Å²) in [4.78, 5) is 40.7. The average molecular weight is 498 g/mol. The number of nitrogens with one attached hydrogen (secondary N) is 1. The molecule has 33 heavy (non-hydrogen) atoms. The van der Waals surface area contributed by atoms with Crippen LogP contribution < -0.4 is 10.1 Å². The molecule has 1 saturated heterocycles. The number of carbonyl (C=O) groups excluding carboxylic acids is 3. The van der Waals surface area contributed by atoms with E-state index in [-0.39, 0.29) is 40.0 Å². The molecule has 1 aliphatic carbocycles. The number of likely N-dealkylation sites (tertiary alicyclic amines) is 1. The first-order chi connectivity index (χ1) is 15.6. The van der Waals surface area contributed by atoms with Crippen molar-refractivity contribution in [2.24, 2.45) is 11.8 Å². The van der Waals surface area contributed by atoms with E-state index in [0.717, 1.165) is 22.0 Å². The summed E-state index contributed by atoms with van der Waals surface area (Å²) in [7, 11) is 0.507. The summed E-state index contributed by atoms with van der Waals surface area (Å²) in [5.41, 5.74) is 0.163. The van der Waals surface area contributed by atoms with Gasteiger partial charge < -0.3 is 10.1 Å². The van der Waals surface area contributed by atoms with Gasteiger partial charge in [0, 0.05) is 14.1 Å². The zero-order chi connectivity index (χ0) is 24.3. The summed E-state index contributed by atoms with van der Waals surface area (Å²) in [5, 5.41) is 2.72. The van der Waals surface area contributed by atoms with Crippen molar-refractivity contribution in [3.8, 4) is 5.75 Å². The van der Waals surface area contributed by atoms with Gasteiger partial charge in [-0.25, -0.2) is 12.7 Å². The molecule has 1 aromatic rings. The molecule has 0 unspecified atom stereocenters. The molecule has 182 valence electrons. The Morgan fingerprint density at radius 3 is 2.33 bits per heavy atom. The van der Waals surface area contributed by atoms with Gasteiger partial charge in [0.1, 0.15) is 11.8 Å². The van der Waals surface area contributed by atoms with E-state index in [4.69, 9.17) is 4.74 Å². The molecule has 2 aliphatic rings. The number of ether oxygens (including phenoxy) is 1. The first kappa shape index (κ1) is 25.5. The highest BCUT2D eigenvalue weighted by atomic mass is 32.2. The summed E-state index contributed by atoms with van der Waals surface area (Å²) in [6, 6.07) is 3.21. The molecule has 1 saturated carbocycles. The zero-order valence-corrected chi connectivity index (χ0v) is 21.0. The van der Waals surface area contributed by atoms with Gasteiger partial charge in [-0.1, -0.05) is 12.8 Å². The third-order valence-electron chi connectivity index (χ3n) is 6.29.